The van der Waals surface area contributed by atoms with Gasteiger partial charge < -0.3 is 10.5 Å². The molecule has 0 saturated carbocycles. The van der Waals surface area contributed by atoms with Crippen LogP contribution in [-0.4, -0.2) is 18.0 Å². The van der Waals surface area contributed by atoms with Crippen molar-refractivity contribution in [2.75, 3.05) is 12.8 Å². The molecule has 0 bridgehead atoms. The van der Waals surface area contributed by atoms with Crippen molar-refractivity contribution in [3.63, 3.8) is 0 Å². The fourth-order valence-electron chi connectivity index (χ4n) is 1.82. The van der Waals surface area contributed by atoms with E-state index in [2.05, 4.69) is 4.74 Å². The second kappa shape index (κ2) is 5.30. The number of esters is 1. The zero-order valence-corrected chi connectivity index (χ0v) is 11.7. The number of methoxy groups -OCH3 is 1. The van der Waals surface area contributed by atoms with Gasteiger partial charge in [-0.05, 0) is 12.5 Å². The molecule has 104 valence electrons. The van der Waals surface area contributed by atoms with E-state index in [1.165, 1.54) is 13.2 Å². The minimum atomic E-state index is -0.514. The molecule has 0 unspecified atom stereocenters. The molecule has 7 heteroatoms. The van der Waals surface area contributed by atoms with Crippen molar-refractivity contribution in [2.45, 2.75) is 6.92 Å². The number of hydrogen-bond acceptors (Lipinski definition) is 6. The maximum atomic E-state index is 11.5. The van der Waals surface area contributed by atoms with Gasteiger partial charge in [0.05, 0.1) is 17.7 Å². The molecule has 0 atom stereocenters. The van der Waals surface area contributed by atoms with Crippen LogP contribution in [0, 0.1) is 17.0 Å². The van der Waals surface area contributed by atoms with Crippen molar-refractivity contribution in [1.82, 2.24) is 0 Å². The van der Waals surface area contributed by atoms with Gasteiger partial charge in [-0.3, -0.25) is 10.1 Å². The second-order valence-corrected chi connectivity index (χ2v) is 5.02. The molecule has 20 heavy (non-hydrogen) atoms. The fourth-order valence-corrected chi connectivity index (χ4v) is 2.73. The van der Waals surface area contributed by atoms with Crippen LogP contribution in [0.25, 0.3) is 11.1 Å². The molecule has 0 aliphatic rings. The number of anilines is 1. The average Bonchev–Trinajstić information content (AvgIpc) is 2.80. The Kier molecular flexibility index (Phi) is 3.71. The Labute approximate surface area is 118 Å². The molecule has 1 aromatic heterocycles. The topological polar surface area (TPSA) is 95.5 Å². The molecule has 2 rings (SSSR count). The van der Waals surface area contributed by atoms with Crippen LogP contribution in [-0.2, 0) is 4.74 Å². The van der Waals surface area contributed by atoms with Crippen LogP contribution in [0.15, 0.2) is 23.6 Å². The van der Waals surface area contributed by atoms with E-state index in [1.54, 1.807) is 24.4 Å². The van der Waals surface area contributed by atoms with E-state index in [9.17, 15) is 14.9 Å². The summed E-state index contributed by atoms with van der Waals surface area (Å²) >= 11 is 1.15. The van der Waals surface area contributed by atoms with Gasteiger partial charge in [0, 0.05) is 22.6 Å². The third kappa shape index (κ3) is 2.35. The Balaban J connectivity index is 2.53. The van der Waals surface area contributed by atoms with Gasteiger partial charge in [-0.2, -0.15) is 0 Å². The summed E-state index contributed by atoms with van der Waals surface area (Å²) in [5.41, 5.74) is 7.98. The summed E-state index contributed by atoms with van der Waals surface area (Å²) in [5, 5.41) is 12.6. The van der Waals surface area contributed by atoms with Gasteiger partial charge in [0.25, 0.3) is 5.69 Å². The number of ether oxygens (including phenoxy) is 1. The summed E-state index contributed by atoms with van der Waals surface area (Å²) < 4.78 is 4.63. The summed E-state index contributed by atoms with van der Waals surface area (Å²) in [4.78, 5) is 22.3. The summed E-state index contributed by atoms with van der Waals surface area (Å²) in [6, 6.07) is 4.85. The number of nitro groups is 1. The van der Waals surface area contributed by atoms with E-state index in [0.29, 0.717) is 21.6 Å². The number of carbonyl (C=O) groups excluding carboxylic acids is 1. The highest BCUT2D eigenvalue weighted by Crippen LogP contribution is 2.36. The molecule has 0 spiro atoms. The number of hydrogen-bond donors (Lipinski definition) is 1. The second-order valence-electron chi connectivity index (χ2n) is 4.14. The van der Waals surface area contributed by atoms with Crippen LogP contribution in [0.4, 0.5) is 11.4 Å². The molecule has 1 aromatic carbocycles. The number of rotatable bonds is 3. The first-order valence-electron chi connectivity index (χ1n) is 5.66. The van der Waals surface area contributed by atoms with Crippen LogP contribution in [0.3, 0.4) is 0 Å². The van der Waals surface area contributed by atoms with Gasteiger partial charge in [0.15, 0.2) is 0 Å². The maximum Gasteiger partial charge on any atom is 0.350 e. The molecule has 2 N–H and O–H groups in total. The van der Waals surface area contributed by atoms with Crippen molar-refractivity contribution in [1.29, 1.82) is 0 Å². The van der Waals surface area contributed by atoms with E-state index in [0.717, 1.165) is 11.3 Å². The third-order valence-corrected chi connectivity index (χ3v) is 3.89. The highest BCUT2D eigenvalue weighted by molar-refractivity contribution is 7.13. The molecular weight excluding hydrogens is 280 g/mol. The predicted octanol–water partition coefficient (Wildman–Crippen LogP) is 3.00. The van der Waals surface area contributed by atoms with Gasteiger partial charge in [-0.15, -0.1) is 11.3 Å². The lowest BCUT2D eigenvalue weighted by Gasteiger charge is -2.03. The molecule has 6 nitrogen and oxygen atoms in total. The molecular formula is C13H12N2O4S. The smallest absolute Gasteiger partial charge is 0.350 e. The monoisotopic (exact) mass is 292 g/mol. The Morgan fingerprint density at radius 3 is 2.75 bits per heavy atom. The lowest BCUT2D eigenvalue weighted by atomic mass is 10.0. The molecule has 0 saturated heterocycles. The number of nitrogens with two attached hydrogens (primary N) is 1. The molecule has 0 radical (unpaired) electrons. The molecule has 0 fully saturated rings. The van der Waals surface area contributed by atoms with Crippen molar-refractivity contribution in [3.05, 3.63) is 44.1 Å². The van der Waals surface area contributed by atoms with Gasteiger partial charge in [-0.25, -0.2) is 4.79 Å². The van der Waals surface area contributed by atoms with Crippen LogP contribution in [0.2, 0.25) is 0 Å². The fraction of sp³-hybridized carbons (Fsp3) is 0.154. The Hall–Kier alpha value is -2.41. The summed E-state index contributed by atoms with van der Waals surface area (Å²) in [6.07, 6.45) is 0. The van der Waals surface area contributed by atoms with E-state index >= 15 is 0 Å². The first-order chi connectivity index (χ1) is 9.45. The number of thiophene rings is 1. The van der Waals surface area contributed by atoms with Crippen molar-refractivity contribution < 1.29 is 14.5 Å². The minimum Gasteiger partial charge on any atom is -0.465 e. The number of benzene rings is 1. The van der Waals surface area contributed by atoms with E-state index in [1.807, 2.05) is 0 Å². The Morgan fingerprint density at radius 2 is 2.15 bits per heavy atom. The lowest BCUT2D eigenvalue weighted by Crippen LogP contribution is -2.02. The minimum absolute atomic E-state index is 0.0210. The number of nitro benzene ring substituents is 1. The zero-order chi connectivity index (χ0) is 14.9. The first kappa shape index (κ1) is 14.0. The molecule has 1 heterocycles. The molecule has 0 aliphatic carbocycles. The summed E-state index contributed by atoms with van der Waals surface area (Å²) in [7, 11) is 1.28. The van der Waals surface area contributed by atoms with Crippen LogP contribution in [0.5, 0.6) is 0 Å². The van der Waals surface area contributed by atoms with Crippen LogP contribution < -0.4 is 5.73 Å². The van der Waals surface area contributed by atoms with Crippen molar-refractivity contribution in [2.24, 2.45) is 0 Å². The molecule has 2 aromatic rings. The van der Waals surface area contributed by atoms with Gasteiger partial charge in [-0.1, -0.05) is 12.1 Å². The number of carbonyl (C=O) groups is 1. The quantitative estimate of drug-likeness (QED) is 0.533. The normalized spacial score (nSPS) is 10.3. The lowest BCUT2D eigenvalue weighted by molar-refractivity contribution is -0.385. The standard InChI is InChI=1S/C13H12N2O4S/c1-7-3-4-8(5-10(7)15(17)18)9-6-20-12(11(9)14)13(16)19-2/h3-6H,14H2,1-2H3. The summed E-state index contributed by atoms with van der Waals surface area (Å²) in [6.45, 7) is 1.67. The zero-order valence-electron chi connectivity index (χ0n) is 10.9. The Bertz CT molecular complexity index is 694. The number of aryl methyl sites for hydroxylation is 1. The number of nitrogen functional groups attached to an aromatic ring is 1. The first-order valence-corrected chi connectivity index (χ1v) is 6.54. The van der Waals surface area contributed by atoms with Gasteiger partial charge >= 0.3 is 5.97 Å². The van der Waals surface area contributed by atoms with Gasteiger partial charge in [0.2, 0.25) is 0 Å². The van der Waals surface area contributed by atoms with E-state index in [-0.39, 0.29) is 11.4 Å². The number of nitrogens with zero attached hydrogens (tertiary/aromatic N) is 1. The summed E-state index contributed by atoms with van der Waals surface area (Å²) in [5.74, 6) is -0.514. The largest absolute Gasteiger partial charge is 0.465 e. The highest BCUT2D eigenvalue weighted by Gasteiger charge is 2.19. The third-order valence-electron chi connectivity index (χ3n) is 2.92. The van der Waals surface area contributed by atoms with Crippen LogP contribution in [0.1, 0.15) is 15.2 Å². The van der Waals surface area contributed by atoms with E-state index in [4.69, 9.17) is 5.73 Å². The van der Waals surface area contributed by atoms with Crippen LogP contribution >= 0.6 is 11.3 Å². The van der Waals surface area contributed by atoms with E-state index < -0.39 is 10.9 Å². The van der Waals surface area contributed by atoms with Gasteiger partial charge in [0.1, 0.15) is 4.88 Å². The van der Waals surface area contributed by atoms with Crippen molar-refractivity contribution >= 4 is 28.7 Å². The maximum absolute atomic E-state index is 11.5. The molecule has 0 aliphatic heterocycles. The predicted molar refractivity (Wildman–Crippen MR) is 76.9 cm³/mol. The Morgan fingerprint density at radius 1 is 1.45 bits per heavy atom. The molecule has 0 amide bonds. The highest BCUT2D eigenvalue weighted by atomic mass is 32.1. The SMILES string of the molecule is COC(=O)c1scc(-c2ccc(C)c([N+](=O)[O-])c2)c1N. The average molecular weight is 292 g/mol. The van der Waals surface area contributed by atoms with Crippen molar-refractivity contribution in [3.8, 4) is 11.1 Å².